The van der Waals surface area contributed by atoms with Crippen molar-refractivity contribution in [3.05, 3.63) is 158 Å². The summed E-state index contributed by atoms with van der Waals surface area (Å²) in [5.41, 5.74) is 9.08. The zero-order valence-corrected chi connectivity index (χ0v) is 27.1. The molecule has 0 atom stereocenters. The lowest BCUT2D eigenvalue weighted by Crippen LogP contribution is -2.00. The topological polar surface area (TPSA) is 69.9 Å². The molecule has 0 bridgehead atoms. The molecule has 0 aliphatic rings. The maximum absolute atomic E-state index is 6.79. The van der Waals surface area contributed by atoms with Gasteiger partial charge in [-0.25, -0.2) is 15.0 Å². The molecule has 0 saturated carbocycles. The van der Waals surface area contributed by atoms with Gasteiger partial charge in [0.15, 0.2) is 23.1 Å². The van der Waals surface area contributed by atoms with Crippen LogP contribution in [-0.4, -0.2) is 19.5 Å². The van der Waals surface area contributed by atoms with E-state index < -0.39 is 0 Å². The molecule has 0 spiro atoms. The van der Waals surface area contributed by atoms with E-state index in [1.54, 1.807) is 0 Å². The second-order valence-electron chi connectivity index (χ2n) is 12.8. The molecule has 0 aliphatic carbocycles. The maximum Gasteiger partial charge on any atom is 0.164 e. The van der Waals surface area contributed by atoms with Crippen molar-refractivity contribution in [2.45, 2.75) is 0 Å². The number of furan rings is 2. The van der Waals surface area contributed by atoms with E-state index in [0.717, 1.165) is 77.3 Å². The molecule has 0 unspecified atom stereocenters. The number of aromatic nitrogens is 4. The molecule has 6 heteroatoms. The Hall–Kier alpha value is -7.05. The van der Waals surface area contributed by atoms with Crippen molar-refractivity contribution in [2.75, 3.05) is 0 Å². The molecule has 11 rings (SSSR count). The third-order valence-electron chi connectivity index (χ3n) is 9.87. The summed E-state index contributed by atoms with van der Waals surface area (Å²) in [4.78, 5) is 15.4. The summed E-state index contributed by atoms with van der Waals surface area (Å²) in [6.45, 7) is 0. The molecule has 0 aliphatic heterocycles. The van der Waals surface area contributed by atoms with Crippen LogP contribution >= 0.6 is 0 Å². The van der Waals surface area contributed by atoms with Crippen LogP contribution in [-0.2, 0) is 0 Å². The van der Waals surface area contributed by atoms with Crippen molar-refractivity contribution in [2.24, 2.45) is 0 Å². The Balaban J connectivity index is 1.19. The fourth-order valence-electron chi connectivity index (χ4n) is 7.67. The minimum atomic E-state index is 0.569. The molecular formula is C45H26N4O2. The van der Waals surface area contributed by atoms with Crippen molar-refractivity contribution in [1.29, 1.82) is 0 Å². The van der Waals surface area contributed by atoms with E-state index in [4.69, 9.17) is 23.8 Å². The number of benzene rings is 7. The molecule has 0 N–H and O–H groups in total. The maximum atomic E-state index is 6.79. The fraction of sp³-hybridized carbons (Fsp3) is 0. The summed E-state index contributed by atoms with van der Waals surface area (Å²) >= 11 is 0. The highest BCUT2D eigenvalue weighted by Crippen LogP contribution is 2.42. The van der Waals surface area contributed by atoms with Gasteiger partial charge in [-0.15, -0.1) is 0 Å². The van der Waals surface area contributed by atoms with Crippen LogP contribution in [0.4, 0.5) is 0 Å². The van der Waals surface area contributed by atoms with Gasteiger partial charge in [-0.3, -0.25) is 0 Å². The summed E-state index contributed by atoms with van der Waals surface area (Å²) < 4.78 is 15.3. The number of fused-ring (bicyclic) bond motifs is 9. The van der Waals surface area contributed by atoms with Gasteiger partial charge >= 0.3 is 0 Å². The normalized spacial score (nSPS) is 11.9. The average molecular weight is 655 g/mol. The second kappa shape index (κ2) is 10.7. The van der Waals surface area contributed by atoms with Crippen molar-refractivity contribution in [1.82, 2.24) is 19.5 Å². The third kappa shape index (κ3) is 4.14. The van der Waals surface area contributed by atoms with E-state index in [1.165, 1.54) is 10.8 Å². The molecule has 0 fully saturated rings. The van der Waals surface area contributed by atoms with Crippen LogP contribution in [0.1, 0.15) is 0 Å². The highest BCUT2D eigenvalue weighted by molar-refractivity contribution is 6.16. The van der Waals surface area contributed by atoms with E-state index in [9.17, 15) is 0 Å². The average Bonchev–Trinajstić information content (AvgIpc) is 3.88. The summed E-state index contributed by atoms with van der Waals surface area (Å²) in [5, 5.41) is 6.35. The summed E-state index contributed by atoms with van der Waals surface area (Å²) in [6, 6.07) is 53.7. The van der Waals surface area contributed by atoms with E-state index in [0.29, 0.717) is 17.5 Å². The number of para-hydroxylation sites is 4. The molecule has 4 aromatic heterocycles. The largest absolute Gasteiger partial charge is 0.456 e. The Bertz CT molecular complexity index is 3100. The Labute approximate surface area is 290 Å². The first kappa shape index (κ1) is 27.9. The SMILES string of the molecule is c1ccc(-c2nc(-c3cccc4oc5ccccc5c34)nc(-c3cccc4oc5c(-n6c7ccccc7c7ccccc76)cccc5c34)n2)cc1. The Morgan fingerprint density at radius 1 is 0.373 bits per heavy atom. The predicted molar refractivity (Wildman–Crippen MR) is 205 cm³/mol. The number of hydrogen-bond acceptors (Lipinski definition) is 5. The molecule has 238 valence electrons. The fourth-order valence-corrected chi connectivity index (χ4v) is 7.67. The molecule has 0 radical (unpaired) electrons. The molecule has 0 saturated heterocycles. The lowest BCUT2D eigenvalue weighted by Gasteiger charge is -2.10. The Morgan fingerprint density at radius 3 is 1.59 bits per heavy atom. The van der Waals surface area contributed by atoms with Crippen molar-refractivity contribution < 1.29 is 8.83 Å². The minimum Gasteiger partial charge on any atom is -0.456 e. The van der Waals surface area contributed by atoms with Crippen molar-refractivity contribution in [3.8, 4) is 39.9 Å². The monoisotopic (exact) mass is 654 g/mol. The van der Waals surface area contributed by atoms with Gasteiger partial charge in [0, 0.05) is 49.0 Å². The van der Waals surface area contributed by atoms with E-state index in [1.807, 2.05) is 72.8 Å². The lowest BCUT2D eigenvalue weighted by atomic mass is 10.0. The summed E-state index contributed by atoms with van der Waals surface area (Å²) in [5.74, 6) is 1.74. The Kier molecular flexibility index (Phi) is 5.86. The van der Waals surface area contributed by atoms with Crippen LogP contribution in [0.2, 0.25) is 0 Å². The van der Waals surface area contributed by atoms with Crippen LogP contribution in [0.3, 0.4) is 0 Å². The van der Waals surface area contributed by atoms with Gasteiger partial charge in [0.2, 0.25) is 0 Å². The van der Waals surface area contributed by atoms with Gasteiger partial charge in [0.05, 0.1) is 16.7 Å². The van der Waals surface area contributed by atoms with Gasteiger partial charge < -0.3 is 13.4 Å². The first-order valence-corrected chi connectivity index (χ1v) is 17.0. The van der Waals surface area contributed by atoms with Gasteiger partial charge in [-0.2, -0.15) is 0 Å². The predicted octanol–water partition coefficient (Wildman–Crippen LogP) is 11.8. The van der Waals surface area contributed by atoms with Crippen LogP contribution in [0.15, 0.2) is 167 Å². The van der Waals surface area contributed by atoms with Gasteiger partial charge in [0.25, 0.3) is 0 Å². The first-order valence-electron chi connectivity index (χ1n) is 17.0. The Morgan fingerprint density at radius 2 is 0.882 bits per heavy atom. The zero-order chi connectivity index (χ0) is 33.5. The van der Waals surface area contributed by atoms with E-state index in [-0.39, 0.29) is 0 Å². The minimum absolute atomic E-state index is 0.569. The van der Waals surface area contributed by atoms with E-state index >= 15 is 0 Å². The second-order valence-corrected chi connectivity index (χ2v) is 12.8. The highest BCUT2D eigenvalue weighted by Gasteiger charge is 2.22. The molecular weight excluding hydrogens is 629 g/mol. The smallest absolute Gasteiger partial charge is 0.164 e. The standard InChI is InChI=1S/C45H26N4O2/c1-2-13-27(14-3-1)43-46-44(32-19-11-25-38-40(32)30-17-6-9-24-37(30)50-38)48-45(47-43)33-20-12-26-39-41(33)31-18-10-23-36(42(31)51-39)49-34-21-7-4-15-28(34)29-16-5-8-22-35(29)49/h1-26H. The molecule has 4 heterocycles. The summed E-state index contributed by atoms with van der Waals surface area (Å²) in [6.07, 6.45) is 0. The number of rotatable bonds is 4. The molecule has 11 aromatic rings. The van der Waals surface area contributed by atoms with Crippen LogP contribution in [0, 0.1) is 0 Å². The van der Waals surface area contributed by atoms with Crippen molar-refractivity contribution in [3.63, 3.8) is 0 Å². The van der Waals surface area contributed by atoms with Crippen LogP contribution in [0.5, 0.6) is 0 Å². The van der Waals surface area contributed by atoms with E-state index in [2.05, 4.69) is 89.5 Å². The third-order valence-corrected chi connectivity index (χ3v) is 9.87. The van der Waals surface area contributed by atoms with Crippen LogP contribution < -0.4 is 0 Å². The highest BCUT2D eigenvalue weighted by atomic mass is 16.3. The molecule has 7 aromatic carbocycles. The molecule has 6 nitrogen and oxygen atoms in total. The number of nitrogens with zero attached hydrogens (tertiary/aromatic N) is 4. The van der Waals surface area contributed by atoms with Crippen LogP contribution in [0.25, 0.3) is 106 Å². The zero-order valence-electron chi connectivity index (χ0n) is 27.1. The molecule has 51 heavy (non-hydrogen) atoms. The quantitative estimate of drug-likeness (QED) is 0.189. The first-order chi connectivity index (χ1) is 25.3. The van der Waals surface area contributed by atoms with Gasteiger partial charge in [-0.05, 0) is 36.4 Å². The van der Waals surface area contributed by atoms with Gasteiger partial charge in [-0.1, -0.05) is 121 Å². The number of hydrogen-bond donors (Lipinski definition) is 0. The molecule has 0 amide bonds. The summed E-state index contributed by atoms with van der Waals surface area (Å²) in [7, 11) is 0. The van der Waals surface area contributed by atoms with Crippen molar-refractivity contribution >= 4 is 65.7 Å². The van der Waals surface area contributed by atoms with Gasteiger partial charge in [0.1, 0.15) is 16.7 Å². The lowest BCUT2D eigenvalue weighted by molar-refractivity contribution is 0.666.